The van der Waals surface area contributed by atoms with Gasteiger partial charge in [-0.3, -0.25) is 0 Å². The molecule has 0 aromatic heterocycles. The summed E-state index contributed by atoms with van der Waals surface area (Å²) in [5.41, 5.74) is 0. The summed E-state index contributed by atoms with van der Waals surface area (Å²) in [6, 6.07) is 0.526. The molecule has 1 heterocycles. The Morgan fingerprint density at radius 2 is 1.47 bits per heavy atom. The molecule has 0 aliphatic carbocycles. The van der Waals surface area contributed by atoms with Crippen molar-refractivity contribution in [2.45, 2.75) is 59.0 Å². The predicted molar refractivity (Wildman–Crippen MR) is 71.3 cm³/mol. The summed E-state index contributed by atoms with van der Waals surface area (Å²) in [5.74, 6) is 0. The van der Waals surface area contributed by atoms with Gasteiger partial charge < -0.3 is 14.5 Å². The van der Waals surface area contributed by atoms with E-state index in [1.165, 1.54) is 19.3 Å². The van der Waals surface area contributed by atoms with Crippen LogP contribution < -0.4 is 5.20 Å². The number of nitrogens with one attached hydrogen (secondary N) is 1. The highest BCUT2D eigenvalue weighted by Crippen LogP contribution is 2.19. The van der Waals surface area contributed by atoms with Crippen molar-refractivity contribution in [1.29, 1.82) is 0 Å². The fourth-order valence-electron chi connectivity index (χ4n) is 1.62. The summed E-state index contributed by atoms with van der Waals surface area (Å²) in [5, 5.41) is 4.40. The van der Waals surface area contributed by atoms with Crippen LogP contribution in [0.5, 0.6) is 0 Å². The third-order valence-electron chi connectivity index (χ3n) is 2.39. The average Bonchev–Trinajstić information content (AvgIpc) is 2.28. The maximum absolute atomic E-state index is 8.69. The SMILES string of the molecule is C1CCOCC1.CC(C)N(NP(O)O)C(C)C. The smallest absolute Gasteiger partial charge is 0.265 e. The molecule has 1 aliphatic heterocycles. The number of rotatable bonds is 4. The number of hydrogen-bond donors (Lipinski definition) is 3. The third-order valence-corrected chi connectivity index (χ3v) is 2.80. The van der Waals surface area contributed by atoms with E-state index in [9.17, 15) is 0 Å². The minimum absolute atomic E-state index is 0.263. The lowest BCUT2D eigenvalue weighted by molar-refractivity contribution is 0.0968. The maximum atomic E-state index is 8.69. The van der Waals surface area contributed by atoms with Gasteiger partial charge in [0.15, 0.2) is 0 Å². The normalized spacial score (nSPS) is 16.6. The van der Waals surface area contributed by atoms with Crippen LogP contribution in [-0.2, 0) is 4.74 Å². The molecule has 6 heteroatoms. The maximum Gasteiger partial charge on any atom is 0.265 e. The van der Waals surface area contributed by atoms with Crippen LogP contribution in [0, 0.1) is 0 Å². The summed E-state index contributed by atoms with van der Waals surface area (Å²) in [6.07, 6.45) is 3.93. The molecule has 0 radical (unpaired) electrons. The average molecular weight is 266 g/mol. The highest BCUT2D eigenvalue weighted by molar-refractivity contribution is 7.42. The molecule has 1 aliphatic rings. The summed E-state index contributed by atoms with van der Waals surface area (Å²) in [7, 11) is -2.03. The van der Waals surface area contributed by atoms with Gasteiger partial charge in [-0.15, -0.1) is 0 Å². The van der Waals surface area contributed by atoms with E-state index < -0.39 is 8.53 Å². The van der Waals surface area contributed by atoms with Gasteiger partial charge in [0, 0.05) is 25.3 Å². The Kier molecular flexibility index (Phi) is 10.3. The molecule has 1 fully saturated rings. The summed E-state index contributed by atoms with van der Waals surface area (Å²) < 4.78 is 5.07. The monoisotopic (exact) mass is 266 g/mol. The van der Waals surface area contributed by atoms with Gasteiger partial charge in [-0.1, -0.05) is 0 Å². The Morgan fingerprint density at radius 3 is 1.59 bits per heavy atom. The minimum atomic E-state index is -2.03. The van der Waals surface area contributed by atoms with Crippen molar-refractivity contribution in [3.63, 3.8) is 0 Å². The van der Waals surface area contributed by atoms with Crippen molar-refractivity contribution in [3.8, 4) is 0 Å². The highest BCUT2D eigenvalue weighted by Gasteiger charge is 2.15. The number of nitrogens with zero attached hydrogens (tertiary/aromatic N) is 1. The van der Waals surface area contributed by atoms with Crippen LogP contribution in [0.3, 0.4) is 0 Å². The molecule has 0 unspecified atom stereocenters. The molecule has 0 spiro atoms. The first-order valence-electron chi connectivity index (χ1n) is 6.25. The number of ether oxygens (including phenoxy) is 1. The van der Waals surface area contributed by atoms with Crippen molar-refractivity contribution in [2.75, 3.05) is 13.2 Å². The lowest BCUT2D eigenvalue weighted by Crippen LogP contribution is -2.44. The van der Waals surface area contributed by atoms with E-state index in [1.54, 1.807) is 0 Å². The van der Waals surface area contributed by atoms with Gasteiger partial charge in [0.25, 0.3) is 8.53 Å². The molecule has 0 aromatic rings. The van der Waals surface area contributed by atoms with Crippen LogP contribution in [0.4, 0.5) is 0 Å². The second-order valence-corrected chi connectivity index (χ2v) is 5.44. The minimum Gasteiger partial charge on any atom is -0.381 e. The first-order chi connectivity index (χ1) is 7.95. The summed E-state index contributed by atoms with van der Waals surface area (Å²) in [6.45, 7) is 9.97. The second-order valence-electron chi connectivity index (χ2n) is 4.66. The molecule has 0 atom stereocenters. The fourth-order valence-corrected chi connectivity index (χ4v) is 2.29. The Hall–Kier alpha value is 0.230. The van der Waals surface area contributed by atoms with Gasteiger partial charge >= 0.3 is 0 Å². The van der Waals surface area contributed by atoms with Crippen molar-refractivity contribution >= 4 is 8.53 Å². The van der Waals surface area contributed by atoms with Gasteiger partial charge in [-0.2, -0.15) is 5.20 Å². The standard InChI is InChI=1S/C6H17N2O2P.C5H10O/c1-5(2)8(6(3)4)7-11(9)10;1-2-4-6-5-3-1/h5-7,9-10H,1-4H3;1-5H2. The van der Waals surface area contributed by atoms with Gasteiger partial charge in [-0.25, -0.2) is 5.01 Å². The Labute approximate surface area is 106 Å². The zero-order valence-corrected chi connectivity index (χ0v) is 12.3. The lowest BCUT2D eigenvalue weighted by Gasteiger charge is -2.30. The van der Waals surface area contributed by atoms with Crippen molar-refractivity contribution in [1.82, 2.24) is 10.2 Å². The molecular formula is C11H27N2O3P. The Bertz CT molecular complexity index is 157. The van der Waals surface area contributed by atoms with Crippen molar-refractivity contribution < 1.29 is 14.5 Å². The van der Waals surface area contributed by atoms with Gasteiger partial charge in [0.1, 0.15) is 0 Å². The molecule has 0 aromatic carbocycles. The van der Waals surface area contributed by atoms with Crippen LogP contribution >= 0.6 is 8.53 Å². The van der Waals surface area contributed by atoms with E-state index in [0.717, 1.165) is 13.2 Å². The molecule has 0 saturated carbocycles. The zero-order valence-electron chi connectivity index (χ0n) is 11.4. The molecule has 3 N–H and O–H groups in total. The molecule has 0 amide bonds. The quantitative estimate of drug-likeness (QED) is 0.536. The Morgan fingerprint density at radius 1 is 1.00 bits per heavy atom. The molecule has 1 rings (SSSR count). The van der Waals surface area contributed by atoms with Crippen LogP contribution in [0.1, 0.15) is 47.0 Å². The van der Waals surface area contributed by atoms with Gasteiger partial charge in [0.2, 0.25) is 0 Å². The van der Waals surface area contributed by atoms with E-state index >= 15 is 0 Å². The van der Waals surface area contributed by atoms with Gasteiger partial charge in [0.05, 0.1) is 0 Å². The van der Waals surface area contributed by atoms with E-state index in [-0.39, 0.29) is 12.1 Å². The van der Waals surface area contributed by atoms with Crippen LogP contribution in [-0.4, -0.2) is 40.1 Å². The lowest BCUT2D eigenvalue weighted by atomic mass is 10.2. The van der Waals surface area contributed by atoms with Gasteiger partial charge in [-0.05, 0) is 47.0 Å². The van der Waals surface area contributed by atoms with E-state index in [4.69, 9.17) is 14.5 Å². The number of hydrogen-bond acceptors (Lipinski definition) is 5. The first kappa shape index (κ1) is 17.2. The van der Waals surface area contributed by atoms with Crippen LogP contribution in [0.25, 0.3) is 0 Å². The molecule has 104 valence electrons. The largest absolute Gasteiger partial charge is 0.381 e. The number of hydrazine groups is 1. The van der Waals surface area contributed by atoms with Crippen LogP contribution in [0.2, 0.25) is 0 Å². The molecule has 0 bridgehead atoms. The highest BCUT2D eigenvalue weighted by atomic mass is 31.2. The summed E-state index contributed by atoms with van der Waals surface area (Å²) in [4.78, 5) is 17.4. The summed E-state index contributed by atoms with van der Waals surface area (Å²) >= 11 is 0. The predicted octanol–water partition coefficient (Wildman–Crippen LogP) is 2.01. The second kappa shape index (κ2) is 10.2. The first-order valence-corrected chi connectivity index (χ1v) is 7.50. The van der Waals surface area contributed by atoms with E-state index in [2.05, 4.69) is 5.20 Å². The Balaban J connectivity index is 0.000000354. The van der Waals surface area contributed by atoms with E-state index in [1.807, 2.05) is 32.7 Å². The molecule has 1 saturated heterocycles. The third kappa shape index (κ3) is 9.89. The van der Waals surface area contributed by atoms with Crippen molar-refractivity contribution in [3.05, 3.63) is 0 Å². The van der Waals surface area contributed by atoms with Crippen LogP contribution in [0.15, 0.2) is 0 Å². The van der Waals surface area contributed by atoms with E-state index in [0.29, 0.717) is 0 Å². The molecule has 17 heavy (non-hydrogen) atoms. The van der Waals surface area contributed by atoms with Crippen molar-refractivity contribution in [2.24, 2.45) is 0 Å². The topological polar surface area (TPSA) is 65.0 Å². The molecule has 5 nitrogen and oxygen atoms in total. The fraction of sp³-hybridized carbons (Fsp3) is 1.00. The molecular weight excluding hydrogens is 239 g/mol. The zero-order chi connectivity index (χ0) is 13.3.